The molecule has 98 valence electrons. The summed E-state index contributed by atoms with van der Waals surface area (Å²) in [4.78, 5) is 13.8. The quantitative estimate of drug-likeness (QED) is 0.828. The number of amides is 1. The van der Waals surface area contributed by atoms with Gasteiger partial charge in [-0.15, -0.1) is 0 Å². The summed E-state index contributed by atoms with van der Waals surface area (Å²) in [6.45, 7) is 4.99. The van der Waals surface area contributed by atoms with Crippen LogP contribution >= 0.6 is 0 Å². The number of halogens is 2. The molecule has 1 aliphatic rings. The zero-order valence-electron chi connectivity index (χ0n) is 10.4. The van der Waals surface area contributed by atoms with Gasteiger partial charge in [-0.3, -0.25) is 4.79 Å². The van der Waals surface area contributed by atoms with E-state index < -0.39 is 17.5 Å². The fraction of sp³-hybridized carbons (Fsp3) is 0.462. The van der Waals surface area contributed by atoms with Gasteiger partial charge >= 0.3 is 0 Å². The molecule has 2 atom stereocenters. The topological polar surface area (TPSA) is 32.3 Å². The van der Waals surface area contributed by atoms with Crippen LogP contribution in [0, 0.1) is 11.6 Å². The molecule has 2 unspecified atom stereocenters. The van der Waals surface area contributed by atoms with Crippen molar-refractivity contribution < 1.29 is 13.6 Å². The molecule has 1 saturated heterocycles. The molecule has 5 heteroatoms. The molecule has 0 saturated carbocycles. The summed E-state index contributed by atoms with van der Waals surface area (Å²) in [5.41, 5.74) is -0.198. The van der Waals surface area contributed by atoms with Crippen molar-refractivity contribution in [2.75, 3.05) is 13.1 Å². The highest BCUT2D eigenvalue weighted by Crippen LogP contribution is 2.16. The van der Waals surface area contributed by atoms with E-state index in [0.717, 1.165) is 18.2 Å². The Hall–Kier alpha value is -1.49. The van der Waals surface area contributed by atoms with Gasteiger partial charge in [0.25, 0.3) is 5.91 Å². The average Bonchev–Trinajstić information content (AvgIpc) is 2.34. The monoisotopic (exact) mass is 254 g/mol. The fourth-order valence-electron chi connectivity index (χ4n) is 2.12. The molecule has 1 aliphatic heterocycles. The molecule has 18 heavy (non-hydrogen) atoms. The Kier molecular flexibility index (Phi) is 3.61. The van der Waals surface area contributed by atoms with E-state index >= 15 is 0 Å². The molecule has 1 aromatic carbocycles. The van der Waals surface area contributed by atoms with E-state index in [4.69, 9.17) is 0 Å². The van der Waals surface area contributed by atoms with Crippen LogP contribution in [0.3, 0.4) is 0 Å². The molecule has 0 aromatic heterocycles. The van der Waals surface area contributed by atoms with E-state index in [1.54, 1.807) is 4.90 Å². The number of benzene rings is 1. The second-order valence-corrected chi connectivity index (χ2v) is 4.74. The number of nitrogens with zero attached hydrogens (tertiary/aromatic N) is 1. The molecule has 0 spiro atoms. The van der Waals surface area contributed by atoms with Crippen molar-refractivity contribution in [1.29, 1.82) is 0 Å². The Bertz CT molecular complexity index is 464. The van der Waals surface area contributed by atoms with Crippen molar-refractivity contribution in [3.8, 4) is 0 Å². The van der Waals surface area contributed by atoms with E-state index in [1.165, 1.54) is 0 Å². The van der Waals surface area contributed by atoms with Gasteiger partial charge in [-0.05, 0) is 32.0 Å². The van der Waals surface area contributed by atoms with Gasteiger partial charge in [0.1, 0.15) is 11.6 Å². The Morgan fingerprint density at radius 1 is 1.39 bits per heavy atom. The minimum Gasteiger partial charge on any atom is -0.333 e. The Morgan fingerprint density at radius 3 is 2.83 bits per heavy atom. The molecule has 1 aromatic rings. The lowest BCUT2D eigenvalue weighted by Crippen LogP contribution is -2.56. The summed E-state index contributed by atoms with van der Waals surface area (Å²) in [5.74, 6) is -1.73. The predicted octanol–water partition coefficient (Wildman–Crippen LogP) is 1.79. The maximum Gasteiger partial charge on any atom is 0.257 e. The zero-order valence-corrected chi connectivity index (χ0v) is 10.4. The van der Waals surface area contributed by atoms with Crippen molar-refractivity contribution in [3.63, 3.8) is 0 Å². The van der Waals surface area contributed by atoms with Crippen LogP contribution in [0.15, 0.2) is 18.2 Å². The smallest absolute Gasteiger partial charge is 0.257 e. The maximum absolute atomic E-state index is 13.6. The van der Waals surface area contributed by atoms with Crippen LogP contribution in [0.25, 0.3) is 0 Å². The highest BCUT2D eigenvalue weighted by molar-refractivity contribution is 5.94. The first kappa shape index (κ1) is 13.0. The number of hydrogen-bond acceptors (Lipinski definition) is 2. The van der Waals surface area contributed by atoms with Gasteiger partial charge in [0, 0.05) is 25.2 Å². The second kappa shape index (κ2) is 5.02. The van der Waals surface area contributed by atoms with Crippen molar-refractivity contribution >= 4 is 5.91 Å². The van der Waals surface area contributed by atoms with Crippen LogP contribution < -0.4 is 5.32 Å². The molecular formula is C13H16F2N2O. The van der Waals surface area contributed by atoms with Gasteiger partial charge in [0.15, 0.2) is 0 Å². The average molecular weight is 254 g/mol. The largest absolute Gasteiger partial charge is 0.333 e. The first-order valence-corrected chi connectivity index (χ1v) is 5.98. The van der Waals surface area contributed by atoms with Gasteiger partial charge in [-0.2, -0.15) is 0 Å². The summed E-state index contributed by atoms with van der Waals surface area (Å²) in [7, 11) is 0. The van der Waals surface area contributed by atoms with Gasteiger partial charge in [0.05, 0.1) is 5.56 Å². The van der Waals surface area contributed by atoms with Crippen LogP contribution in [0.5, 0.6) is 0 Å². The number of rotatable bonds is 1. The molecule has 0 radical (unpaired) electrons. The van der Waals surface area contributed by atoms with Crippen molar-refractivity contribution in [3.05, 3.63) is 35.4 Å². The third-order valence-electron chi connectivity index (χ3n) is 3.18. The molecule has 2 rings (SSSR count). The first-order valence-electron chi connectivity index (χ1n) is 5.98. The zero-order chi connectivity index (χ0) is 13.3. The molecule has 0 bridgehead atoms. The van der Waals surface area contributed by atoms with Crippen LogP contribution in [-0.4, -0.2) is 36.0 Å². The molecule has 0 aliphatic carbocycles. The molecule has 1 fully saturated rings. The lowest BCUT2D eigenvalue weighted by atomic mass is 10.1. The second-order valence-electron chi connectivity index (χ2n) is 4.74. The predicted molar refractivity (Wildman–Crippen MR) is 64.3 cm³/mol. The minimum atomic E-state index is -0.681. The summed E-state index contributed by atoms with van der Waals surface area (Å²) in [6.07, 6.45) is 0. The van der Waals surface area contributed by atoms with Crippen LogP contribution in [-0.2, 0) is 0 Å². The van der Waals surface area contributed by atoms with Crippen LogP contribution in [0.1, 0.15) is 24.2 Å². The van der Waals surface area contributed by atoms with Crippen LogP contribution in [0.2, 0.25) is 0 Å². The highest BCUT2D eigenvalue weighted by atomic mass is 19.1. The standard InChI is InChI=1S/C13H16F2N2O/c1-8-7-17(9(2)6-16-8)13(18)11-5-10(14)3-4-12(11)15/h3-5,8-9,16H,6-7H2,1-2H3. The van der Waals surface area contributed by atoms with Crippen molar-refractivity contribution in [2.24, 2.45) is 0 Å². The molecule has 3 nitrogen and oxygen atoms in total. The summed E-state index contributed by atoms with van der Waals surface area (Å²) >= 11 is 0. The van der Waals surface area contributed by atoms with Gasteiger partial charge in [-0.1, -0.05) is 0 Å². The molecular weight excluding hydrogens is 238 g/mol. The number of nitrogens with one attached hydrogen (secondary N) is 1. The summed E-state index contributed by atoms with van der Waals surface area (Å²) in [6, 6.07) is 3.07. The first-order chi connectivity index (χ1) is 8.49. The third kappa shape index (κ3) is 2.51. The van der Waals surface area contributed by atoms with E-state index in [9.17, 15) is 13.6 Å². The van der Waals surface area contributed by atoms with E-state index in [2.05, 4.69) is 5.32 Å². The van der Waals surface area contributed by atoms with E-state index in [-0.39, 0.29) is 17.6 Å². The number of carbonyl (C=O) groups excluding carboxylic acids is 1. The number of hydrogen-bond donors (Lipinski definition) is 1. The third-order valence-corrected chi connectivity index (χ3v) is 3.18. The van der Waals surface area contributed by atoms with Crippen molar-refractivity contribution in [2.45, 2.75) is 25.9 Å². The fourth-order valence-corrected chi connectivity index (χ4v) is 2.12. The molecule has 1 N–H and O–H groups in total. The SMILES string of the molecule is CC1CN(C(=O)c2cc(F)ccc2F)C(C)CN1. The molecule has 1 heterocycles. The lowest BCUT2D eigenvalue weighted by Gasteiger charge is -2.37. The van der Waals surface area contributed by atoms with E-state index in [0.29, 0.717) is 13.1 Å². The van der Waals surface area contributed by atoms with Gasteiger partial charge in [-0.25, -0.2) is 8.78 Å². The Morgan fingerprint density at radius 2 is 2.11 bits per heavy atom. The summed E-state index contributed by atoms with van der Waals surface area (Å²) < 4.78 is 26.7. The Labute approximate surface area is 105 Å². The number of carbonyl (C=O) groups is 1. The maximum atomic E-state index is 13.6. The lowest BCUT2D eigenvalue weighted by molar-refractivity contribution is 0.0611. The Balaban J connectivity index is 2.27. The number of piperazine rings is 1. The normalized spacial score (nSPS) is 24.1. The van der Waals surface area contributed by atoms with Crippen molar-refractivity contribution in [1.82, 2.24) is 10.2 Å². The van der Waals surface area contributed by atoms with E-state index in [1.807, 2.05) is 13.8 Å². The summed E-state index contributed by atoms with van der Waals surface area (Å²) in [5, 5.41) is 3.23. The minimum absolute atomic E-state index is 0.0311. The molecule has 1 amide bonds. The van der Waals surface area contributed by atoms with Crippen LogP contribution in [0.4, 0.5) is 8.78 Å². The highest BCUT2D eigenvalue weighted by Gasteiger charge is 2.28. The van der Waals surface area contributed by atoms with Gasteiger partial charge in [0.2, 0.25) is 0 Å². The van der Waals surface area contributed by atoms with Gasteiger partial charge < -0.3 is 10.2 Å².